The second kappa shape index (κ2) is 5.45. The van der Waals surface area contributed by atoms with E-state index in [1.807, 2.05) is 32.3 Å². The third-order valence-electron chi connectivity index (χ3n) is 1.83. The average Bonchev–Trinajstić information content (AvgIpc) is 2.61. The Morgan fingerprint density at radius 1 is 1.21 bits per heavy atom. The first-order chi connectivity index (χ1) is 6.81. The normalized spacial score (nSPS) is 9.64. The molecule has 2 heteroatoms. The molecule has 0 saturated heterocycles. The first-order valence-electron chi connectivity index (χ1n) is 4.87. The van der Waals surface area contributed by atoms with Crippen LogP contribution in [-0.2, 0) is 6.42 Å². The molecule has 2 rings (SSSR count). The summed E-state index contributed by atoms with van der Waals surface area (Å²) in [5.74, 6) is 1.06. The number of nitrogens with one attached hydrogen (secondary N) is 1. The number of furan rings is 1. The Labute approximate surface area is 84.9 Å². The van der Waals surface area contributed by atoms with Crippen LogP contribution in [0.1, 0.15) is 12.7 Å². The SMILES string of the molecule is CCc1cc2ccccc2o1.CNC. The average molecular weight is 191 g/mol. The number of rotatable bonds is 1. The fourth-order valence-corrected chi connectivity index (χ4v) is 1.21. The Bertz CT molecular complexity index is 345. The molecule has 0 atom stereocenters. The molecule has 0 spiro atoms. The molecule has 0 bridgehead atoms. The van der Waals surface area contributed by atoms with Gasteiger partial charge in [0.25, 0.3) is 0 Å². The van der Waals surface area contributed by atoms with Crippen molar-refractivity contribution in [3.05, 3.63) is 36.1 Å². The predicted octanol–water partition coefficient (Wildman–Crippen LogP) is 2.83. The third kappa shape index (κ3) is 2.60. The quantitative estimate of drug-likeness (QED) is 0.749. The monoisotopic (exact) mass is 191 g/mol. The highest BCUT2D eigenvalue weighted by molar-refractivity contribution is 5.77. The molecule has 0 unspecified atom stereocenters. The van der Waals surface area contributed by atoms with Gasteiger partial charge in [-0.05, 0) is 26.2 Å². The number of benzene rings is 1. The molecule has 0 aliphatic heterocycles. The molecular formula is C12H17NO. The van der Waals surface area contributed by atoms with Crippen LogP contribution in [0.5, 0.6) is 0 Å². The highest BCUT2D eigenvalue weighted by Gasteiger charge is 1.98. The lowest BCUT2D eigenvalue weighted by atomic mass is 10.2. The maximum absolute atomic E-state index is 5.52. The van der Waals surface area contributed by atoms with Gasteiger partial charge in [0.05, 0.1) is 0 Å². The van der Waals surface area contributed by atoms with Crippen molar-refractivity contribution in [3.63, 3.8) is 0 Å². The van der Waals surface area contributed by atoms with Gasteiger partial charge in [-0.25, -0.2) is 0 Å². The van der Waals surface area contributed by atoms with Crippen LogP contribution in [0.15, 0.2) is 34.7 Å². The summed E-state index contributed by atoms with van der Waals surface area (Å²) in [5, 5.41) is 3.95. The van der Waals surface area contributed by atoms with Crippen LogP contribution in [0, 0.1) is 0 Å². The maximum atomic E-state index is 5.52. The van der Waals surface area contributed by atoms with E-state index in [9.17, 15) is 0 Å². The highest BCUT2D eigenvalue weighted by Crippen LogP contribution is 2.18. The van der Waals surface area contributed by atoms with Crippen molar-refractivity contribution in [2.24, 2.45) is 0 Å². The van der Waals surface area contributed by atoms with Gasteiger partial charge in [-0.3, -0.25) is 0 Å². The second-order valence-corrected chi connectivity index (χ2v) is 3.10. The second-order valence-electron chi connectivity index (χ2n) is 3.10. The standard InChI is InChI=1S/C10H10O.C2H7N/c1-2-9-7-8-5-3-4-6-10(8)11-9;1-3-2/h3-7H,2H2,1H3;3H,1-2H3. The summed E-state index contributed by atoms with van der Waals surface area (Å²) in [6, 6.07) is 10.2. The van der Waals surface area contributed by atoms with E-state index in [1.165, 1.54) is 5.39 Å². The van der Waals surface area contributed by atoms with Crippen LogP contribution in [0.25, 0.3) is 11.0 Å². The fraction of sp³-hybridized carbons (Fsp3) is 0.333. The molecule has 76 valence electrons. The van der Waals surface area contributed by atoms with Gasteiger partial charge in [0.2, 0.25) is 0 Å². The van der Waals surface area contributed by atoms with Gasteiger partial charge in [0, 0.05) is 11.8 Å². The van der Waals surface area contributed by atoms with Crippen molar-refractivity contribution in [2.75, 3.05) is 14.1 Å². The van der Waals surface area contributed by atoms with E-state index in [-0.39, 0.29) is 0 Å². The molecule has 0 amide bonds. The Balaban J connectivity index is 0.000000293. The summed E-state index contributed by atoms with van der Waals surface area (Å²) >= 11 is 0. The van der Waals surface area contributed by atoms with Crippen LogP contribution >= 0.6 is 0 Å². The van der Waals surface area contributed by atoms with E-state index in [0.717, 1.165) is 17.8 Å². The molecule has 0 radical (unpaired) electrons. The van der Waals surface area contributed by atoms with Crippen molar-refractivity contribution in [1.29, 1.82) is 0 Å². The first kappa shape index (κ1) is 10.8. The Morgan fingerprint density at radius 3 is 2.43 bits per heavy atom. The summed E-state index contributed by atoms with van der Waals surface area (Å²) in [6.45, 7) is 2.09. The number of hydrogen-bond acceptors (Lipinski definition) is 2. The van der Waals surface area contributed by atoms with Crippen LogP contribution in [0.2, 0.25) is 0 Å². The summed E-state index contributed by atoms with van der Waals surface area (Å²) in [6.07, 6.45) is 0.967. The van der Waals surface area contributed by atoms with Gasteiger partial charge in [-0.15, -0.1) is 0 Å². The van der Waals surface area contributed by atoms with Crippen LogP contribution in [-0.4, -0.2) is 14.1 Å². The van der Waals surface area contributed by atoms with Crippen LogP contribution < -0.4 is 5.32 Å². The van der Waals surface area contributed by atoms with E-state index >= 15 is 0 Å². The van der Waals surface area contributed by atoms with Gasteiger partial charge in [-0.2, -0.15) is 0 Å². The van der Waals surface area contributed by atoms with Gasteiger partial charge in [0.1, 0.15) is 11.3 Å². The van der Waals surface area contributed by atoms with Crippen molar-refractivity contribution in [3.8, 4) is 0 Å². The van der Waals surface area contributed by atoms with Crippen molar-refractivity contribution in [2.45, 2.75) is 13.3 Å². The van der Waals surface area contributed by atoms with Gasteiger partial charge >= 0.3 is 0 Å². The van der Waals surface area contributed by atoms with E-state index in [0.29, 0.717) is 0 Å². The predicted molar refractivity (Wildman–Crippen MR) is 60.6 cm³/mol. The number of hydrogen-bond donors (Lipinski definition) is 1. The number of aryl methyl sites for hydroxylation is 1. The molecule has 0 fully saturated rings. The van der Waals surface area contributed by atoms with Crippen molar-refractivity contribution in [1.82, 2.24) is 5.32 Å². The zero-order valence-electron chi connectivity index (χ0n) is 9.00. The van der Waals surface area contributed by atoms with E-state index in [4.69, 9.17) is 4.42 Å². The zero-order valence-corrected chi connectivity index (χ0v) is 9.00. The fourth-order valence-electron chi connectivity index (χ4n) is 1.21. The highest BCUT2D eigenvalue weighted by atomic mass is 16.3. The van der Waals surface area contributed by atoms with Crippen molar-refractivity contribution >= 4 is 11.0 Å². The zero-order chi connectivity index (χ0) is 10.4. The molecule has 1 aromatic heterocycles. The number of para-hydroxylation sites is 1. The Hall–Kier alpha value is -1.28. The summed E-state index contributed by atoms with van der Waals surface area (Å²) in [4.78, 5) is 0. The van der Waals surface area contributed by atoms with E-state index in [2.05, 4.69) is 24.4 Å². The Morgan fingerprint density at radius 2 is 1.86 bits per heavy atom. The van der Waals surface area contributed by atoms with Gasteiger partial charge < -0.3 is 9.73 Å². The topological polar surface area (TPSA) is 25.2 Å². The molecule has 2 aromatic rings. The minimum atomic E-state index is 0.967. The first-order valence-corrected chi connectivity index (χ1v) is 4.87. The molecule has 1 heterocycles. The summed E-state index contributed by atoms with van der Waals surface area (Å²) < 4.78 is 5.52. The lowest BCUT2D eigenvalue weighted by molar-refractivity contribution is 0.557. The van der Waals surface area contributed by atoms with E-state index < -0.39 is 0 Å². The molecule has 0 aliphatic carbocycles. The molecule has 14 heavy (non-hydrogen) atoms. The smallest absolute Gasteiger partial charge is 0.134 e. The molecule has 1 aromatic carbocycles. The number of fused-ring (bicyclic) bond motifs is 1. The molecule has 0 aliphatic rings. The minimum Gasteiger partial charge on any atom is -0.461 e. The lowest BCUT2D eigenvalue weighted by Gasteiger charge is -1.83. The summed E-state index contributed by atoms with van der Waals surface area (Å²) in [7, 11) is 3.75. The van der Waals surface area contributed by atoms with E-state index in [1.54, 1.807) is 0 Å². The van der Waals surface area contributed by atoms with Gasteiger partial charge in [0.15, 0.2) is 0 Å². The maximum Gasteiger partial charge on any atom is 0.134 e. The summed E-state index contributed by atoms with van der Waals surface area (Å²) in [5.41, 5.74) is 0.990. The third-order valence-corrected chi connectivity index (χ3v) is 1.83. The molecule has 2 nitrogen and oxygen atoms in total. The lowest BCUT2D eigenvalue weighted by Crippen LogP contribution is -1.89. The molecular weight excluding hydrogens is 174 g/mol. The molecule has 0 saturated carbocycles. The van der Waals surface area contributed by atoms with Crippen molar-refractivity contribution < 1.29 is 4.42 Å². The van der Waals surface area contributed by atoms with Crippen LogP contribution in [0.4, 0.5) is 0 Å². The largest absolute Gasteiger partial charge is 0.461 e. The van der Waals surface area contributed by atoms with Crippen LogP contribution in [0.3, 0.4) is 0 Å². The van der Waals surface area contributed by atoms with Gasteiger partial charge in [-0.1, -0.05) is 25.1 Å². The molecule has 1 N–H and O–H groups in total. The minimum absolute atomic E-state index is 0.967. The Kier molecular flexibility index (Phi) is 4.20.